The molecule has 4 rings (SSSR count). The zero-order valence-electron chi connectivity index (χ0n) is 11.4. The molecule has 0 aliphatic carbocycles. The van der Waals surface area contributed by atoms with Gasteiger partial charge in [-0.15, -0.1) is 0 Å². The van der Waals surface area contributed by atoms with Crippen LogP contribution >= 0.6 is 0 Å². The van der Waals surface area contributed by atoms with Crippen molar-refractivity contribution >= 4 is 5.69 Å². The van der Waals surface area contributed by atoms with Gasteiger partial charge in [-0.25, -0.2) is 0 Å². The van der Waals surface area contributed by atoms with Gasteiger partial charge in [-0.05, 0) is 44.0 Å². The molecule has 4 heteroatoms. The lowest BCUT2D eigenvalue weighted by molar-refractivity contribution is 0.00917. The molecule has 2 bridgehead atoms. The molecule has 1 aromatic carbocycles. The van der Waals surface area contributed by atoms with E-state index >= 15 is 0 Å². The topological polar surface area (TPSA) is 44.7 Å². The predicted molar refractivity (Wildman–Crippen MR) is 75.6 cm³/mol. The number of nitrogens with zero attached hydrogens (tertiary/aromatic N) is 1. The molecule has 1 unspecified atom stereocenters. The maximum Gasteiger partial charge on any atom is 0.120 e. The summed E-state index contributed by atoms with van der Waals surface area (Å²) in [5, 5.41) is 13.5. The van der Waals surface area contributed by atoms with Crippen molar-refractivity contribution in [2.45, 2.75) is 18.4 Å². The molecule has 0 aromatic heterocycles. The molecule has 0 amide bonds. The number of aliphatic hydroxyl groups excluding tert-OH is 1. The van der Waals surface area contributed by atoms with Gasteiger partial charge in [0.05, 0.1) is 19.3 Å². The van der Waals surface area contributed by atoms with Gasteiger partial charge in [-0.2, -0.15) is 0 Å². The number of methoxy groups -OCH3 is 1. The van der Waals surface area contributed by atoms with Crippen molar-refractivity contribution in [2.75, 3.05) is 38.7 Å². The van der Waals surface area contributed by atoms with Crippen LogP contribution in [0, 0.1) is 5.92 Å². The summed E-state index contributed by atoms with van der Waals surface area (Å²) in [4.78, 5) is 2.45. The van der Waals surface area contributed by atoms with Gasteiger partial charge in [0.2, 0.25) is 0 Å². The number of hydrogen-bond acceptors (Lipinski definition) is 4. The summed E-state index contributed by atoms with van der Waals surface area (Å²) in [7, 11) is 1.68. The molecule has 1 aromatic rings. The second-order valence-corrected chi connectivity index (χ2v) is 5.72. The lowest BCUT2D eigenvalue weighted by Crippen LogP contribution is -2.64. The number of aliphatic hydroxyl groups is 1. The minimum absolute atomic E-state index is 0.186. The third-order valence-electron chi connectivity index (χ3n) is 4.62. The van der Waals surface area contributed by atoms with Gasteiger partial charge >= 0.3 is 0 Å². The maximum atomic E-state index is 9.93. The van der Waals surface area contributed by atoms with Crippen LogP contribution in [0.15, 0.2) is 24.3 Å². The summed E-state index contributed by atoms with van der Waals surface area (Å²) in [6.07, 6.45) is 2.36. The van der Waals surface area contributed by atoms with Crippen LogP contribution < -0.4 is 10.1 Å². The van der Waals surface area contributed by atoms with Crippen molar-refractivity contribution < 1.29 is 9.84 Å². The van der Waals surface area contributed by atoms with Gasteiger partial charge < -0.3 is 20.1 Å². The van der Waals surface area contributed by atoms with E-state index in [1.54, 1.807) is 7.11 Å². The van der Waals surface area contributed by atoms with Crippen molar-refractivity contribution in [3.63, 3.8) is 0 Å². The average molecular weight is 262 g/mol. The van der Waals surface area contributed by atoms with E-state index in [9.17, 15) is 5.11 Å². The van der Waals surface area contributed by atoms with Gasteiger partial charge in [0.1, 0.15) is 5.75 Å². The van der Waals surface area contributed by atoms with Crippen molar-refractivity contribution in [3.8, 4) is 5.75 Å². The molecular formula is C15H22N2O2. The van der Waals surface area contributed by atoms with E-state index in [-0.39, 0.29) is 12.1 Å². The third-order valence-corrected chi connectivity index (χ3v) is 4.62. The van der Waals surface area contributed by atoms with Crippen LogP contribution in [-0.2, 0) is 0 Å². The van der Waals surface area contributed by atoms with Crippen LogP contribution in [0.4, 0.5) is 5.69 Å². The summed E-state index contributed by atoms with van der Waals surface area (Å²) in [5.41, 5.74) is 0.838. The Hall–Kier alpha value is -1.26. The smallest absolute Gasteiger partial charge is 0.120 e. The van der Waals surface area contributed by atoms with Crippen molar-refractivity contribution in [1.82, 2.24) is 4.90 Å². The van der Waals surface area contributed by atoms with Gasteiger partial charge in [0.25, 0.3) is 0 Å². The van der Waals surface area contributed by atoms with E-state index < -0.39 is 0 Å². The largest absolute Gasteiger partial charge is 0.497 e. The van der Waals surface area contributed by atoms with E-state index in [1.165, 1.54) is 25.9 Å². The minimum atomic E-state index is -0.192. The highest BCUT2D eigenvalue weighted by Gasteiger charge is 2.46. The fourth-order valence-corrected chi connectivity index (χ4v) is 3.52. The number of benzene rings is 1. The van der Waals surface area contributed by atoms with E-state index in [0.29, 0.717) is 5.92 Å². The van der Waals surface area contributed by atoms with Crippen LogP contribution in [0.1, 0.15) is 12.8 Å². The number of anilines is 1. The Labute approximate surface area is 114 Å². The highest BCUT2D eigenvalue weighted by atomic mass is 16.5. The fourth-order valence-electron chi connectivity index (χ4n) is 3.52. The van der Waals surface area contributed by atoms with E-state index in [2.05, 4.69) is 10.2 Å². The number of hydrogen-bond donors (Lipinski definition) is 2. The number of fused-ring (bicyclic) bond motifs is 3. The summed E-state index contributed by atoms with van der Waals surface area (Å²) >= 11 is 0. The Morgan fingerprint density at radius 2 is 2.21 bits per heavy atom. The fraction of sp³-hybridized carbons (Fsp3) is 0.600. The first-order valence-corrected chi connectivity index (χ1v) is 7.01. The average Bonchev–Trinajstić information content (AvgIpc) is 2.48. The summed E-state index contributed by atoms with van der Waals surface area (Å²) in [6, 6.07) is 7.95. The van der Waals surface area contributed by atoms with E-state index in [1.807, 2.05) is 24.3 Å². The zero-order chi connectivity index (χ0) is 13.3. The Morgan fingerprint density at radius 3 is 2.79 bits per heavy atom. The quantitative estimate of drug-likeness (QED) is 0.864. The second kappa shape index (κ2) is 5.02. The zero-order valence-corrected chi connectivity index (χ0v) is 11.4. The Kier molecular flexibility index (Phi) is 3.37. The van der Waals surface area contributed by atoms with Crippen LogP contribution in [-0.4, -0.2) is 48.9 Å². The molecule has 0 radical (unpaired) electrons. The molecule has 104 valence electrons. The molecule has 1 atom stereocenters. The molecule has 3 saturated heterocycles. The summed E-state index contributed by atoms with van der Waals surface area (Å²) in [6.45, 7) is 3.47. The molecule has 19 heavy (non-hydrogen) atoms. The number of nitrogens with one attached hydrogen (secondary N) is 1. The molecule has 3 fully saturated rings. The first kappa shape index (κ1) is 12.8. The van der Waals surface area contributed by atoms with Crippen molar-refractivity contribution in [3.05, 3.63) is 24.3 Å². The number of ether oxygens (including phenoxy) is 1. The van der Waals surface area contributed by atoms with E-state index in [0.717, 1.165) is 18.0 Å². The van der Waals surface area contributed by atoms with Gasteiger partial charge in [-0.1, -0.05) is 6.07 Å². The Bertz CT molecular complexity index is 444. The Morgan fingerprint density at radius 1 is 1.42 bits per heavy atom. The predicted octanol–water partition coefficient (Wildman–Crippen LogP) is 1.56. The molecule has 4 nitrogen and oxygen atoms in total. The first-order valence-electron chi connectivity index (χ1n) is 7.01. The summed E-state index contributed by atoms with van der Waals surface area (Å²) < 4.78 is 5.26. The number of piperidine rings is 3. The molecular weight excluding hydrogens is 240 g/mol. The summed E-state index contributed by atoms with van der Waals surface area (Å²) in [5.74, 6) is 1.41. The third kappa shape index (κ3) is 2.30. The van der Waals surface area contributed by atoms with Crippen LogP contribution in [0.5, 0.6) is 5.75 Å². The van der Waals surface area contributed by atoms with Crippen LogP contribution in [0.2, 0.25) is 0 Å². The first-order chi connectivity index (χ1) is 9.25. The highest BCUT2D eigenvalue weighted by molar-refractivity contribution is 5.50. The molecule has 3 aliphatic rings. The molecule has 3 aliphatic heterocycles. The Balaban J connectivity index is 1.82. The molecule has 0 spiro atoms. The van der Waals surface area contributed by atoms with Crippen molar-refractivity contribution in [1.29, 1.82) is 0 Å². The SMILES string of the molecule is COc1cccc(NC2(CO)CN3CCC2CC3)c1. The molecule has 3 heterocycles. The molecule has 0 saturated carbocycles. The van der Waals surface area contributed by atoms with Gasteiger partial charge in [0.15, 0.2) is 0 Å². The maximum absolute atomic E-state index is 9.93. The number of rotatable bonds is 4. The van der Waals surface area contributed by atoms with E-state index in [4.69, 9.17) is 4.74 Å². The van der Waals surface area contributed by atoms with Crippen LogP contribution in [0.25, 0.3) is 0 Å². The van der Waals surface area contributed by atoms with Gasteiger partial charge in [-0.3, -0.25) is 0 Å². The van der Waals surface area contributed by atoms with Gasteiger partial charge in [0, 0.05) is 18.3 Å². The monoisotopic (exact) mass is 262 g/mol. The highest BCUT2D eigenvalue weighted by Crippen LogP contribution is 2.38. The standard InChI is InChI=1S/C15H22N2O2/c1-19-14-4-2-3-13(9-14)16-15(11-18)10-17-7-5-12(15)6-8-17/h2-4,9,12,16,18H,5-8,10-11H2,1H3. The minimum Gasteiger partial charge on any atom is -0.497 e. The second-order valence-electron chi connectivity index (χ2n) is 5.72. The molecule has 2 N–H and O–H groups in total. The van der Waals surface area contributed by atoms with Crippen molar-refractivity contribution in [2.24, 2.45) is 5.92 Å². The normalized spacial score (nSPS) is 33.2. The van der Waals surface area contributed by atoms with Crippen LogP contribution in [0.3, 0.4) is 0 Å². The lowest BCUT2D eigenvalue weighted by atomic mass is 9.73. The lowest BCUT2D eigenvalue weighted by Gasteiger charge is -2.53.